The van der Waals surface area contributed by atoms with Crippen LogP contribution in [0.2, 0.25) is 0 Å². The monoisotopic (exact) mass is 442 g/mol. The summed E-state index contributed by atoms with van der Waals surface area (Å²) in [5.41, 5.74) is 0. The van der Waals surface area contributed by atoms with E-state index in [2.05, 4.69) is 22.2 Å². The summed E-state index contributed by atoms with van der Waals surface area (Å²) in [4.78, 5) is 18.4. The number of piperidine rings is 1. The molecule has 1 atom stereocenters. The highest BCUT2D eigenvalue weighted by molar-refractivity contribution is 7.91. The molecule has 2 fully saturated rings. The van der Waals surface area contributed by atoms with Gasteiger partial charge in [-0.15, -0.1) is 11.3 Å². The lowest BCUT2D eigenvalue weighted by Crippen LogP contribution is -2.45. The largest absolute Gasteiger partial charge is 0.356 e. The average Bonchev–Trinajstić information content (AvgIpc) is 3.16. The van der Waals surface area contributed by atoms with Crippen molar-refractivity contribution in [2.24, 2.45) is 5.92 Å². The maximum atomic E-state index is 12.8. The molecular formula is C20H34N4O3S2. The Bertz CT molecular complexity index is 772. The van der Waals surface area contributed by atoms with Gasteiger partial charge in [-0.2, -0.15) is 4.31 Å². The smallest absolute Gasteiger partial charge is 0.252 e. The number of hydrogen-bond acceptors (Lipinski definition) is 6. The van der Waals surface area contributed by atoms with E-state index in [1.54, 1.807) is 6.07 Å². The van der Waals surface area contributed by atoms with Crippen molar-refractivity contribution in [2.45, 2.75) is 36.8 Å². The molecule has 2 saturated heterocycles. The second-order valence-electron chi connectivity index (χ2n) is 8.21. The topological polar surface area (TPSA) is 73.0 Å². The third kappa shape index (κ3) is 6.24. The molecule has 1 aromatic heterocycles. The molecule has 29 heavy (non-hydrogen) atoms. The first-order valence-corrected chi connectivity index (χ1v) is 12.9. The van der Waals surface area contributed by atoms with Gasteiger partial charge in [-0.25, -0.2) is 8.42 Å². The Kier molecular flexibility index (Phi) is 8.09. The minimum atomic E-state index is -3.49. The van der Waals surface area contributed by atoms with Crippen molar-refractivity contribution in [2.75, 3.05) is 59.4 Å². The van der Waals surface area contributed by atoms with Crippen LogP contribution in [-0.2, 0) is 14.8 Å². The van der Waals surface area contributed by atoms with Crippen molar-refractivity contribution in [1.82, 2.24) is 19.4 Å². The summed E-state index contributed by atoms with van der Waals surface area (Å²) in [5.74, 6) is -0.260. The van der Waals surface area contributed by atoms with E-state index in [1.165, 1.54) is 15.6 Å². The molecule has 0 spiro atoms. The maximum absolute atomic E-state index is 12.8. The lowest BCUT2D eigenvalue weighted by Gasteiger charge is -2.32. The van der Waals surface area contributed by atoms with Gasteiger partial charge in [0, 0.05) is 50.7 Å². The number of nitrogens with one attached hydrogen (secondary N) is 1. The number of hydrogen-bond donors (Lipinski definition) is 1. The number of carbonyl (C=O) groups excluding carboxylic acids is 1. The van der Waals surface area contributed by atoms with Gasteiger partial charge < -0.3 is 15.1 Å². The fourth-order valence-electron chi connectivity index (χ4n) is 3.94. The lowest BCUT2D eigenvalue weighted by atomic mass is 9.99. The molecule has 3 rings (SSSR count). The highest BCUT2D eigenvalue weighted by atomic mass is 32.2. The summed E-state index contributed by atoms with van der Waals surface area (Å²) in [6, 6.07) is 3.49. The molecule has 1 aromatic rings. The van der Waals surface area contributed by atoms with Crippen molar-refractivity contribution >= 4 is 27.3 Å². The van der Waals surface area contributed by atoms with Crippen LogP contribution in [0.5, 0.6) is 0 Å². The minimum absolute atomic E-state index is 0.00754. The molecule has 0 aliphatic carbocycles. The van der Waals surface area contributed by atoms with Crippen molar-refractivity contribution in [3.05, 3.63) is 17.0 Å². The Morgan fingerprint density at radius 2 is 1.93 bits per heavy atom. The van der Waals surface area contributed by atoms with Crippen LogP contribution in [-0.4, -0.2) is 87.8 Å². The van der Waals surface area contributed by atoms with Crippen LogP contribution >= 0.6 is 11.3 Å². The molecule has 164 valence electrons. The van der Waals surface area contributed by atoms with Gasteiger partial charge in [0.05, 0.1) is 5.92 Å². The second kappa shape index (κ2) is 10.3. The zero-order valence-electron chi connectivity index (χ0n) is 17.6. The zero-order chi connectivity index (χ0) is 20.9. The van der Waals surface area contributed by atoms with E-state index < -0.39 is 10.0 Å². The summed E-state index contributed by atoms with van der Waals surface area (Å²) >= 11 is 1.29. The van der Waals surface area contributed by atoms with E-state index in [1.807, 2.05) is 13.0 Å². The van der Waals surface area contributed by atoms with E-state index in [0.717, 1.165) is 63.3 Å². The number of amides is 1. The first-order chi connectivity index (χ1) is 13.9. The second-order valence-corrected chi connectivity index (χ2v) is 11.7. The number of unbranched alkanes of at least 4 members (excludes halogenated alkanes) is 1. The summed E-state index contributed by atoms with van der Waals surface area (Å²) in [6.45, 7) is 8.93. The zero-order valence-corrected chi connectivity index (χ0v) is 19.2. The molecule has 1 N–H and O–H groups in total. The average molecular weight is 443 g/mol. The predicted molar refractivity (Wildman–Crippen MR) is 117 cm³/mol. The molecule has 7 nitrogen and oxygen atoms in total. The van der Waals surface area contributed by atoms with E-state index in [0.29, 0.717) is 17.3 Å². The number of nitrogens with zero attached hydrogens (tertiary/aromatic N) is 3. The molecule has 3 heterocycles. The third-order valence-electron chi connectivity index (χ3n) is 5.86. The Labute approximate surface area is 179 Å². The quantitative estimate of drug-likeness (QED) is 0.619. The van der Waals surface area contributed by atoms with Crippen LogP contribution in [0.4, 0.5) is 0 Å². The highest BCUT2D eigenvalue weighted by Gasteiger charge is 2.33. The molecule has 2 aliphatic rings. The normalized spacial score (nSPS) is 22.6. The predicted octanol–water partition coefficient (Wildman–Crippen LogP) is 1.60. The molecule has 1 unspecified atom stereocenters. The number of thiophene rings is 1. The highest BCUT2D eigenvalue weighted by Crippen LogP contribution is 2.28. The Morgan fingerprint density at radius 3 is 2.62 bits per heavy atom. The summed E-state index contributed by atoms with van der Waals surface area (Å²) < 4.78 is 27.5. The number of carbonyl (C=O) groups is 1. The fourth-order valence-corrected chi connectivity index (χ4v) is 6.90. The molecule has 2 aliphatic heterocycles. The number of aryl methyl sites for hydroxylation is 1. The molecule has 9 heteroatoms. The van der Waals surface area contributed by atoms with E-state index in [-0.39, 0.29) is 18.4 Å². The third-order valence-corrected chi connectivity index (χ3v) is 9.19. The SMILES string of the molecule is Cc1ccc(S(=O)(=O)N2CCCC(C(=O)NCCCCN3CCN(C)CC3)C2)s1. The van der Waals surface area contributed by atoms with Crippen molar-refractivity contribution in [3.63, 3.8) is 0 Å². The van der Waals surface area contributed by atoms with Gasteiger partial charge >= 0.3 is 0 Å². The van der Waals surface area contributed by atoms with Crippen LogP contribution in [0, 0.1) is 12.8 Å². The van der Waals surface area contributed by atoms with Crippen molar-refractivity contribution < 1.29 is 13.2 Å². The molecule has 0 bridgehead atoms. The summed E-state index contributed by atoms with van der Waals surface area (Å²) in [5, 5.41) is 3.03. The molecule has 0 radical (unpaired) electrons. The van der Waals surface area contributed by atoms with Gasteiger partial charge in [-0.05, 0) is 58.3 Å². The number of likely N-dealkylation sites (N-methyl/N-ethyl adjacent to an activating group) is 1. The van der Waals surface area contributed by atoms with Crippen LogP contribution < -0.4 is 5.32 Å². The Morgan fingerprint density at radius 1 is 1.17 bits per heavy atom. The van der Waals surface area contributed by atoms with Gasteiger partial charge in [0.25, 0.3) is 10.0 Å². The molecule has 0 aromatic carbocycles. The van der Waals surface area contributed by atoms with Crippen LogP contribution in [0.15, 0.2) is 16.3 Å². The Balaban J connectivity index is 1.39. The van der Waals surface area contributed by atoms with Crippen LogP contribution in [0.25, 0.3) is 0 Å². The van der Waals surface area contributed by atoms with E-state index in [9.17, 15) is 13.2 Å². The fraction of sp³-hybridized carbons (Fsp3) is 0.750. The standard InChI is InChI=1S/C20H34N4O3S2/c1-17-7-8-19(28-17)29(26,27)24-11-5-6-18(16-24)20(25)21-9-3-4-10-23-14-12-22(2)13-15-23/h7-8,18H,3-6,9-16H2,1-2H3,(H,21,25). The van der Waals surface area contributed by atoms with Crippen LogP contribution in [0.3, 0.4) is 0 Å². The minimum Gasteiger partial charge on any atom is -0.356 e. The Hall–Kier alpha value is -1.00. The molecule has 1 amide bonds. The van der Waals surface area contributed by atoms with Gasteiger partial charge in [-0.1, -0.05) is 0 Å². The van der Waals surface area contributed by atoms with Gasteiger partial charge in [0.2, 0.25) is 5.91 Å². The van der Waals surface area contributed by atoms with Crippen molar-refractivity contribution in [3.8, 4) is 0 Å². The van der Waals surface area contributed by atoms with Crippen molar-refractivity contribution in [1.29, 1.82) is 0 Å². The number of piperazine rings is 1. The van der Waals surface area contributed by atoms with Gasteiger partial charge in [0.15, 0.2) is 0 Å². The lowest BCUT2D eigenvalue weighted by molar-refractivity contribution is -0.126. The van der Waals surface area contributed by atoms with Crippen LogP contribution in [0.1, 0.15) is 30.6 Å². The number of rotatable bonds is 8. The molecule has 0 saturated carbocycles. The van der Waals surface area contributed by atoms with Gasteiger partial charge in [-0.3, -0.25) is 4.79 Å². The molecular weight excluding hydrogens is 408 g/mol. The first kappa shape index (κ1) is 22.7. The van der Waals surface area contributed by atoms with E-state index in [4.69, 9.17) is 0 Å². The maximum Gasteiger partial charge on any atom is 0.252 e. The van der Waals surface area contributed by atoms with E-state index >= 15 is 0 Å². The van der Waals surface area contributed by atoms with Gasteiger partial charge in [0.1, 0.15) is 4.21 Å². The summed E-state index contributed by atoms with van der Waals surface area (Å²) in [6.07, 6.45) is 3.52. The summed E-state index contributed by atoms with van der Waals surface area (Å²) in [7, 11) is -1.33. The first-order valence-electron chi connectivity index (χ1n) is 10.6. The number of sulfonamides is 1.